The molecule has 1 rings (SSSR count). The van der Waals surface area contributed by atoms with E-state index in [4.69, 9.17) is 0 Å². The lowest BCUT2D eigenvalue weighted by atomic mass is 10.1. The predicted molar refractivity (Wildman–Crippen MR) is 75.7 cm³/mol. The molecule has 0 aromatic heterocycles. The summed E-state index contributed by atoms with van der Waals surface area (Å²) in [5.74, 6) is -0.440. The van der Waals surface area contributed by atoms with Gasteiger partial charge in [0.15, 0.2) is 0 Å². The Labute approximate surface area is 118 Å². The zero-order valence-electron chi connectivity index (χ0n) is 12.2. The minimum absolute atomic E-state index is 0.0566. The van der Waals surface area contributed by atoms with Crippen molar-refractivity contribution < 1.29 is 14.8 Å². The summed E-state index contributed by atoms with van der Waals surface area (Å²) in [5.41, 5.74) is -0.432. The van der Waals surface area contributed by atoms with Crippen LogP contribution in [-0.2, 0) is 0 Å². The van der Waals surface area contributed by atoms with Gasteiger partial charge in [-0.1, -0.05) is 6.07 Å². The summed E-state index contributed by atoms with van der Waals surface area (Å²) in [6, 6.07) is 4.44. The molecule has 0 saturated carbocycles. The van der Waals surface area contributed by atoms with Crippen LogP contribution in [-0.4, -0.2) is 39.5 Å². The molecule has 0 radical (unpaired) electrons. The molecule has 1 amide bonds. The highest BCUT2D eigenvalue weighted by Crippen LogP contribution is 2.22. The first-order valence-corrected chi connectivity index (χ1v) is 6.42. The topological polar surface area (TPSA) is 83.7 Å². The number of benzene rings is 1. The molecule has 0 saturated heterocycles. The standard InChI is InChI=1S/C14H20N2O4/c1-5-15(9-14(3,4)18)13(17)11-8-10(2)6-7-12(11)16(19)20/h6-8,18H,5,9H2,1-4H3. The minimum Gasteiger partial charge on any atom is -0.389 e. The number of nitrogens with zero attached hydrogens (tertiary/aromatic N) is 2. The van der Waals surface area contributed by atoms with Crippen molar-refractivity contribution in [2.24, 2.45) is 0 Å². The third-order valence-corrected chi connectivity index (χ3v) is 2.83. The number of carbonyl (C=O) groups excluding carboxylic acids is 1. The Hall–Kier alpha value is -1.95. The largest absolute Gasteiger partial charge is 0.389 e. The summed E-state index contributed by atoms with van der Waals surface area (Å²) in [6.07, 6.45) is 0. The highest BCUT2D eigenvalue weighted by atomic mass is 16.6. The van der Waals surface area contributed by atoms with Gasteiger partial charge in [0.2, 0.25) is 0 Å². The molecule has 0 aliphatic rings. The van der Waals surface area contributed by atoms with Gasteiger partial charge in [0.05, 0.1) is 10.5 Å². The van der Waals surface area contributed by atoms with Gasteiger partial charge in [-0.05, 0) is 39.3 Å². The van der Waals surface area contributed by atoms with E-state index in [0.29, 0.717) is 6.54 Å². The molecule has 6 heteroatoms. The van der Waals surface area contributed by atoms with Crippen LogP contribution in [0.15, 0.2) is 18.2 Å². The average molecular weight is 280 g/mol. The van der Waals surface area contributed by atoms with E-state index in [1.807, 2.05) is 0 Å². The van der Waals surface area contributed by atoms with E-state index in [-0.39, 0.29) is 17.8 Å². The summed E-state index contributed by atoms with van der Waals surface area (Å²) in [7, 11) is 0. The van der Waals surface area contributed by atoms with Gasteiger partial charge in [-0.2, -0.15) is 0 Å². The summed E-state index contributed by atoms with van der Waals surface area (Å²) < 4.78 is 0. The number of aliphatic hydroxyl groups is 1. The second-order valence-corrected chi connectivity index (χ2v) is 5.41. The molecule has 0 bridgehead atoms. The molecule has 6 nitrogen and oxygen atoms in total. The maximum Gasteiger partial charge on any atom is 0.282 e. The van der Waals surface area contributed by atoms with E-state index >= 15 is 0 Å². The molecule has 0 spiro atoms. The molecule has 0 aliphatic carbocycles. The molecule has 0 heterocycles. The summed E-state index contributed by atoms with van der Waals surface area (Å²) >= 11 is 0. The third-order valence-electron chi connectivity index (χ3n) is 2.83. The van der Waals surface area contributed by atoms with Gasteiger partial charge >= 0.3 is 0 Å². The fraction of sp³-hybridized carbons (Fsp3) is 0.500. The lowest BCUT2D eigenvalue weighted by Crippen LogP contribution is -2.42. The van der Waals surface area contributed by atoms with Crippen LogP contribution in [0.2, 0.25) is 0 Å². The highest BCUT2D eigenvalue weighted by Gasteiger charge is 2.27. The van der Waals surface area contributed by atoms with Crippen LogP contribution < -0.4 is 0 Å². The van der Waals surface area contributed by atoms with E-state index in [9.17, 15) is 20.0 Å². The Kier molecular flexibility index (Phi) is 4.83. The number of hydrogen-bond donors (Lipinski definition) is 1. The molecule has 20 heavy (non-hydrogen) atoms. The SMILES string of the molecule is CCN(CC(C)(C)O)C(=O)c1cc(C)ccc1[N+](=O)[O-]. The van der Waals surface area contributed by atoms with Gasteiger partial charge < -0.3 is 10.0 Å². The molecule has 0 aliphatic heterocycles. The smallest absolute Gasteiger partial charge is 0.282 e. The molecule has 0 atom stereocenters. The van der Waals surface area contributed by atoms with Crippen molar-refractivity contribution in [2.45, 2.75) is 33.3 Å². The number of rotatable bonds is 5. The molecular weight excluding hydrogens is 260 g/mol. The molecule has 0 unspecified atom stereocenters. The number of hydrogen-bond acceptors (Lipinski definition) is 4. The van der Waals surface area contributed by atoms with Crippen LogP contribution in [0.25, 0.3) is 0 Å². The van der Waals surface area contributed by atoms with Crippen LogP contribution in [0, 0.1) is 17.0 Å². The number of aryl methyl sites for hydroxylation is 1. The Bertz CT molecular complexity index is 520. The number of carbonyl (C=O) groups is 1. The van der Waals surface area contributed by atoms with Gasteiger partial charge in [0, 0.05) is 19.2 Å². The zero-order chi connectivity index (χ0) is 15.5. The Morgan fingerprint density at radius 2 is 2.05 bits per heavy atom. The zero-order valence-corrected chi connectivity index (χ0v) is 12.2. The van der Waals surface area contributed by atoms with Crippen molar-refractivity contribution in [3.63, 3.8) is 0 Å². The van der Waals surface area contributed by atoms with Crippen LogP contribution in [0.3, 0.4) is 0 Å². The van der Waals surface area contributed by atoms with E-state index in [2.05, 4.69) is 0 Å². The third kappa shape index (κ3) is 4.03. The maximum absolute atomic E-state index is 12.4. The van der Waals surface area contributed by atoms with Crippen molar-refractivity contribution in [3.05, 3.63) is 39.4 Å². The monoisotopic (exact) mass is 280 g/mol. The fourth-order valence-electron chi connectivity index (χ4n) is 1.95. The Morgan fingerprint density at radius 1 is 1.45 bits per heavy atom. The fourth-order valence-corrected chi connectivity index (χ4v) is 1.95. The Balaban J connectivity index is 3.18. The van der Waals surface area contributed by atoms with E-state index in [0.717, 1.165) is 5.56 Å². The van der Waals surface area contributed by atoms with Crippen molar-refractivity contribution >= 4 is 11.6 Å². The summed E-state index contributed by atoms with van der Waals surface area (Å²) in [4.78, 5) is 24.3. The first-order chi connectivity index (χ1) is 9.15. The first-order valence-electron chi connectivity index (χ1n) is 6.42. The predicted octanol–water partition coefficient (Wildman–Crippen LogP) is 2.14. The maximum atomic E-state index is 12.4. The van der Waals surface area contributed by atoms with Gasteiger partial charge in [0.1, 0.15) is 5.56 Å². The normalized spacial score (nSPS) is 11.2. The van der Waals surface area contributed by atoms with Crippen LogP contribution in [0.1, 0.15) is 36.7 Å². The number of likely N-dealkylation sites (N-methyl/N-ethyl adjacent to an activating group) is 1. The molecule has 1 aromatic carbocycles. The second kappa shape index (κ2) is 6.00. The van der Waals surface area contributed by atoms with Crippen LogP contribution in [0.5, 0.6) is 0 Å². The highest BCUT2D eigenvalue weighted by molar-refractivity contribution is 5.98. The lowest BCUT2D eigenvalue weighted by Gasteiger charge is -2.28. The van der Waals surface area contributed by atoms with Crippen molar-refractivity contribution in [1.29, 1.82) is 0 Å². The number of nitro groups is 1. The molecule has 110 valence electrons. The quantitative estimate of drug-likeness (QED) is 0.661. The van der Waals surface area contributed by atoms with Gasteiger partial charge in [-0.15, -0.1) is 0 Å². The van der Waals surface area contributed by atoms with Crippen molar-refractivity contribution in [1.82, 2.24) is 4.90 Å². The average Bonchev–Trinajstić information content (AvgIpc) is 2.33. The summed E-state index contributed by atoms with van der Waals surface area (Å²) in [5, 5.41) is 20.8. The number of nitro benzene ring substituents is 1. The van der Waals surface area contributed by atoms with Crippen LogP contribution >= 0.6 is 0 Å². The first kappa shape index (κ1) is 16.1. The van der Waals surface area contributed by atoms with Gasteiger partial charge in [-0.3, -0.25) is 14.9 Å². The van der Waals surface area contributed by atoms with E-state index in [1.165, 1.54) is 17.0 Å². The number of amides is 1. The molecule has 1 N–H and O–H groups in total. The van der Waals surface area contributed by atoms with Crippen LogP contribution in [0.4, 0.5) is 5.69 Å². The molecule has 0 fully saturated rings. The second-order valence-electron chi connectivity index (χ2n) is 5.41. The van der Waals surface area contributed by atoms with E-state index < -0.39 is 16.4 Å². The van der Waals surface area contributed by atoms with Crippen molar-refractivity contribution in [2.75, 3.05) is 13.1 Å². The van der Waals surface area contributed by atoms with E-state index in [1.54, 1.807) is 33.8 Å². The minimum atomic E-state index is -1.05. The lowest BCUT2D eigenvalue weighted by molar-refractivity contribution is -0.385. The summed E-state index contributed by atoms with van der Waals surface area (Å²) in [6.45, 7) is 7.21. The molecular formula is C14H20N2O4. The Morgan fingerprint density at radius 3 is 2.50 bits per heavy atom. The van der Waals surface area contributed by atoms with Gasteiger partial charge in [0.25, 0.3) is 11.6 Å². The van der Waals surface area contributed by atoms with Gasteiger partial charge in [-0.25, -0.2) is 0 Å². The van der Waals surface area contributed by atoms with Crippen molar-refractivity contribution in [3.8, 4) is 0 Å². The molecule has 1 aromatic rings.